The van der Waals surface area contributed by atoms with Gasteiger partial charge in [0.25, 0.3) is 0 Å². The molecule has 8 nitrogen and oxygen atoms in total. The van der Waals surface area contributed by atoms with E-state index in [1.165, 1.54) is 0 Å². The van der Waals surface area contributed by atoms with Gasteiger partial charge in [-0.2, -0.15) is 0 Å². The van der Waals surface area contributed by atoms with Crippen molar-refractivity contribution < 1.29 is 19.4 Å². The van der Waals surface area contributed by atoms with Crippen LogP contribution in [-0.4, -0.2) is 64.3 Å². The van der Waals surface area contributed by atoms with E-state index in [9.17, 15) is 9.59 Å². The first-order valence-corrected chi connectivity index (χ1v) is 6.99. The first-order valence-electron chi connectivity index (χ1n) is 6.99. The van der Waals surface area contributed by atoms with Crippen molar-refractivity contribution in [2.75, 3.05) is 26.2 Å². The number of nitrogens with one attached hydrogen (secondary N) is 2. The first-order chi connectivity index (χ1) is 10.1. The molecule has 0 aromatic carbocycles. The highest BCUT2D eigenvalue weighted by Gasteiger charge is 2.25. The van der Waals surface area contributed by atoms with Gasteiger partial charge in [0.15, 0.2) is 0 Å². The lowest BCUT2D eigenvalue weighted by Crippen LogP contribution is -2.50. The minimum Gasteiger partial charge on any atom is -0.481 e. The van der Waals surface area contributed by atoms with Crippen LogP contribution in [0, 0.1) is 0 Å². The number of aryl methyl sites for hydroxylation is 1. The Morgan fingerprint density at radius 2 is 2.43 bits per heavy atom. The summed E-state index contributed by atoms with van der Waals surface area (Å²) >= 11 is 0. The number of urea groups is 1. The van der Waals surface area contributed by atoms with Crippen molar-refractivity contribution in [2.45, 2.75) is 25.4 Å². The Balaban J connectivity index is 1.66. The zero-order chi connectivity index (χ0) is 15.1. The highest BCUT2D eigenvalue weighted by Crippen LogP contribution is 2.08. The van der Waals surface area contributed by atoms with Gasteiger partial charge in [-0.15, -0.1) is 0 Å². The standard InChI is InChI=1S/C13H20N4O4/c18-12(19)8-10-9-17(6-7-21-10)13(20)16-3-1-2-11-14-4-5-15-11/h4-5,10H,1-3,6-9H2,(H,14,15)(H,16,20)(H,18,19). The molecule has 0 radical (unpaired) electrons. The van der Waals surface area contributed by atoms with Gasteiger partial charge in [-0.05, 0) is 6.42 Å². The van der Waals surface area contributed by atoms with Crippen LogP contribution in [0.5, 0.6) is 0 Å². The second-order valence-electron chi connectivity index (χ2n) is 4.91. The van der Waals surface area contributed by atoms with E-state index in [4.69, 9.17) is 9.84 Å². The number of nitrogens with zero attached hydrogens (tertiary/aromatic N) is 2. The Morgan fingerprint density at radius 3 is 3.14 bits per heavy atom. The molecule has 1 atom stereocenters. The number of rotatable bonds is 6. The molecular weight excluding hydrogens is 276 g/mol. The number of imidazole rings is 1. The number of hydrogen-bond donors (Lipinski definition) is 3. The molecule has 21 heavy (non-hydrogen) atoms. The number of morpholine rings is 1. The number of carboxylic acids is 1. The summed E-state index contributed by atoms with van der Waals surface area (Å²) in [5.41, 5.74) is 0. The van der Waals surface area contributed by atoms with Crippen molar-refractivity contribution in [1.82, 2.24) is 20.2 Å². The molecule has 1 fully saturated rings. The molecular formula is C13H20N4O4. The summed E-state index contributed by atoms with van der Waals surface area (Å²) in [5.74, 6) is -0.0159. The zero-order valence-corrected chi connectivity index (χ0v) is 11.7. The van der Waals surface area contributed by atoms with E-state index < -0.39 is 12.1 Å². The van der Waals surface area contributed by atoms with Crippen molar-refractivity contribution >= 4 is 12.0 Å². The molecule has 1 aromatic heterocycles. The third-order valence-electron chi connectivity index (χ3n) is 3.25. The molecule has 1 saturated heterocycles. The number of hydrogen-bond acceptors (Lipinski definition) is 4. The maximum atomic E-state index is 12.0. The van der Waals surface area contributed by atoms with Gasteiger partial charge < -0.3 is 25.0 Å². The van der Waals surface area contributed by atoms with E-state index in [0.29, 0.717) is 26.2 Å². The van der Waals surface area contributed by atoms with Crippen molar-refractivity contribution in [3.8, 4) is 0 Å². The van der Waals surface area contributed by atoms with Crippen molar-refractivity contribution in [3.05, 3.63) is 18.2 Å². The smallest absolute Gasteiger partial charge is 0.317 e. The summed E-state index contributed by atoms with van der Waals surface area (Å²) in [6, 6.07) is -0.173. The number of amides is 2. The molecule has 116 valence electrons. The summed E-state index contributed by atoms with van der Waals surface area (Å²) < 4.78 is 5.33. The topological polar surface area (TPSA) is 108 Å². The van der Waals surface area contributed by atoms with Crippen LogP contribution in [0.1, 0.15) is 18.7 Å². The van der Waals surface area contributed by atoms with Gasteiger partial charge in [0.1, 0.15) is 5.82 Å². The maximum absolute atomic E-state index is 12.0. The lowest BCUT2D eigenvalue weighted by molar-refractivity contribution is -0.141. The van der Waals surface area contributed by atoms with E-state index in [1.807, 2.05) is 0 Å². The van der Waals surface area contributed by atoms with Gasteiger partial charge in [0, 0.05) is 38.4 Å². The van der Waals surface area contributed by atoms with Crippen LogP contribution in [0.4, 0.5) is 4.79 Å². The molecule has 0 bridgehead atoms. The number of H-pyrrole nitrogens is 1. The van der Waals surface area contributed by atoms with Gasteiger partial charge in [-0.3, -0.25) is 4.79 Å². The number of ether oxygens (including phenoxy) is 1. The zero-order valence-electron chi connectivity index (χ0n) is 11.7. The summed E-state index contributed by atoms with van der Waals surface area (Å²) in [7, 11) is 0. The summed E-state index contributed by atoms with van der Waals surface area (Å²) in [6.45, 7) is 1.73. The average Bonchev–Trinajstić information content (AvgIpc) is 2.96. The molecule has 2 heterocycles. The summed E-state index contributed by atoms with van der Waals surface area (Å²) in [6.07, 6.45) is 4.53. The number of carboxylic acid groups (broad SMARTS) is 1. The second kappa shape index (κ2) is 7.63. The van der Waals surface area contributed by atoms with Crippen molar-refractivity contribution in [1.29, 1.82) is 0 Å². The van der Waals surface area contributed by atoms with Crippen LogP contribution in [-0.2, 0) is 16.0 Å². The molecule has 1 aliphatic rings. The number of aromatic nitrogens is 2. The van der Waals surface area contributed by atoms with Crippen LogP contribution in [0.15, 0.2) is 12.4 Å². The quantitative estimate of drug-likeness (QED) is 0.651. The highest BCUT2D eigenvalue weighted by molar-refractivity contribution is 5.74. The fraction of sp³-hybridized carbons (Fsp3) is 0.615. The van der Waals surface area contributed by atoms with Crippen LogP contribution >= 0.6 is 0 Å². The van der Waals surface area contributed by atoms with Gasteiger partial charge in [-0.1, -0.05) is 0 Å². The molecule has 3 N–H and O–H groups in total. The SMILES string of the molecule is O=C(O)CC1CN(C(=O)NCCCc2ncc[nH]2)CCO1. The number of carbonyl (C=O) groups excluding carboxylic acids is 1. The van der Waals surface area contributed by atoms with Crippen LogP contribution in [0.2, 0.25) is 0 Å². The Kier molecular flexibility index (Phi) is 5.56. The minimum atomic E-state index is -0.916. The molecule has 2 rings (SSSR count). The molecule has 0 spiro atoms. The number of aliphatic carboxylic acids is 1. The predicted octanol–water partition coefficient (Wildman–Crippen LogP) is 0.227. The fourth-order valence-electron chi connectivity index (χ4n) is 2.22. The van der Waals surface area contributed by atoms with E-state index in [1.54, 1.807) is 17.3 Å². The highest BCUT2D eigenvalue weighted by atomic mass is 16.5. The van der Waals surface area contributed by atoms with Gasteiger partial charge in [0.05, 0.1) is 19.1 Å². The lowest BCUT2D eigenvalue weighted by atomic mass is 10.2. The third-order valence-corrected chi connectivity index (χ3v) is 3.25. The van der Waals surface area contributed by atoms with E-state index in [0.717, 1.165) is 18.7 Å². The van der Waals surface area contributed by atoms with Crippen molar-refractivity contribution in [3.63, 3.8) is 0 Å². The fourth-order valence-corrected chi connectivity index (χ4v) is 2.22. The molecule has 0 saturated carbocycles. The van der Waals surface area contributed by atoms with E-state index in [2.05, 4.69) is 15.3 Å². The summed E-state index contributed by atoms with van der Waals surface area (Å²) in [5, 5.41) is 11.6. The van der Waals surface area contributed by atoms with Gasteiger partial charge in [-0.25, -0.2) is 9.78 Å². The Morgan fingerprint density at radius 1 is 1.57 bits per heavy atom. The molecule has 2 amide bonds. The maximum Gasteiger partial charge on any atom is 0.317 e. The van der Waals surface area contributed by atoms with Crippen LogP contribution in [0.3, 0.4) is 0 Å². The largest absolute Gasteiger partial charge is 0.481 e. The van der Waals surface area contributed by atoms with Gasteiger partial charge in [0.2, 0.25) is 0 Å². The molecule has 1 aromatic rings. The number of aromatic amines is 1. The average molecular weight is 296 g/mol. The lowest BCUT2D eigenvalue weighted by Gasteiger charge is -2.32. The monoisotopic (exact) mass is 296 g/mol. The molecule has 1 unspecified atom stereocenters. The summed E-state index contributed by atoms with van der Waals surface area (Å²) in [4.78, 5) is 31.4. The Bertz CT molecular complexity index is 463. The minimum absolute atomic E-state index is 0.0811. The van der Waals surface area contributed by atoms with Crippen LogP contribution < -0.4 is 5.32 Å². The normalized spacial score (nSPS) is 18.5. The second-order valence-corrected chi connectivity index (χ2v) is 4.91. The predicted molar refractivity (Wildman–Crippen MR) is 73.9 cm³/mol. The molecule has 1 aliphatic heterocycles. The third kappa shape index (κ3) is 5.07. The Labute approximate surface area is 122 Å². The Hall–Kier alpha value is -2.09. The molecule has 0 aliphatic carbocycles. The van der Waals surface area contributed by atoms with E-state index >= 15 is 0 Å². The van der Waals surface area contributed by atoms with Crippen molar-refractivity contribution in [2.24, 2.45) is 0 Å². The number of carbonyl (C=O) groups is 2. The molecule has 8 heteroatoms. The van der Waals surface area contributed by atoms with E-state index in [-0.39, 0.29) is 12.5 Å². The van der Waals surface area contributed by atoms with Gasteiger partial charge >= 0.3 is 12.0 Å². The van der Waals surface area contributed by atoms with Crippen LogP contribution in [0.25, 0.3) is 0 Å². The first kappa shape index (κ1) is 15.3.